The molecule has 0 aliphatic carbocycles. The second kappa shape index (κ2) is 10.8. The minimum atomic E-state index is -0.209. The standard InChI is InChI=1S/C24H20Cl2N4O3S/c1-32-19-5-3-4-15(12-19)23-28-29-24(30(23)18-9-6-16(25)7-10-18)34-14-22(31)27-17-8-11-21(33-2)20(26)13-17/h3-13H,14H2,1-2H3,(H,27,31). The van der Waals surface area contributed by atoms with E-state index in [1.165, 1.54) is 18.9 Å². The molecule has 1 heterocycles. The van der Waals surface area contributed by atoms with Crippen LogP contribution < -0.4 is 14.8 Å². The van der Waals surface area contributed by atoms with E-state index in [-0.39, 0.29) is 11.7 Å². The molecule has 174 valence electrons. The first kappa shape index (κ1) is 23.9. The highest BCUT2D eigenvalue weighted by atomic mass is 35.5. The van der Waals surface area contributed by atoms with Crippen LogP contribution in [0.5, 0.6) is 11.5 Å². The van der Waals surface area contributed by atoms with Crippen LogP contribution in [0.3, 0.4) is 0 Å². The molecule has 0 saturated carbocycles. The molecule has 0 spiro atoms. The fourth-order valence-corrected chi connectivity index (χ4v) is 4.34. The number of carbonyl (C=O) groups excluding carboxylic acids is 1. The summed E-state index contributed by atoms with van der Waals surface area (Å²) >= 11 is 13.5. The van der Waals surface area contributed by atoms with Crippen molar-refractivity contribution in [3.8, 4) is 28.6 Å². The van der Waals surface area contributed by atoms with E-state index in [1.54, 1.807) is 37.4 Å². The van der Waals surface area contributed by atoms with Crippen molar-refractivity contribution in [3.63, 3.8) is 0 Å². The van der Waals surface area contributed by atoms with E-state index in [0.29, 0.717) is 38.2 Å². The summed E-state index contributed by atoms with van der Waals surface area (Å²) in [5.41, 5.74) is 2.22. The van der Waals surface area contributed by atoms with Gasteiger partial charge in [0.15, 0.2) is 11.0 Å². The Kier molecular flexibility index (Phi) is 7.62. The molecular weight excluding hydrogens is 495 g/mol. The van der Waals surface area contributed by atoms with Gasteiger partial charge in [0.05, 0.1) is 25.0 Å². The predicted molar refractivity (Wildman–Crippen MR) is 136 cm³/mol. The normalized spacial score (nSPS) is 10.7. The number of carbonyl (C=O) groups is 1. The summed E-state index contributed by atoms with van der Waals surface area (Å²) in [6.07, 6.45) is 0. The maximum absolute atomic E-state index is 12.6. The van der Waals surface area contributed by atoms with Gasteiger partial charge in [0.2, 0.25) is 5.91 Å². The first-order valence-corrected chi connectivity index (χ1v) is 11.8. The number of anilines is 1. The van der Waals surface area contributed by atoms with Crippen LogP contribution in [0.25, 0.3) is 17.1 Å². The van der Waals surface area contributed by atoms with Crippen molar-refractivity contribution in [1.29, 1.82) is 0 Å². The number of nitrogens with one attached hydrogen (secondary N) is 1. The Hall–Kier alpha value is -3.20. The molecule has 7 nitrogen and oxygen atoms in total. The number of aromatic nitrogens is 3. The van der Waals surface area contributed by atoms with Crippen molar-refractivity contribution in [1.82, 2.24) is 14.8 Å². The Labute approximate surface area is 211 Å². The number of halogens is 2. The Morgan fingerprint density at radius 1 is 1.00 bits per heavy atom. The number of ether oxygens (including phenoxy) is 2. The molecule has 0 radical (unpaired) electrons. The monoisotopic (exact) mass is 514 g/mol. The lowest BCUT2D eigenvalue weighted by Gasteiger charge is -2.11. The zero-order valence-corrected chi connectivity index (χ0v) is 20.6. The topological polar surface area (TPSA) is 78.3 Å². The largest absolute Gasteiger partial charge is 0.497 e. The molecule has 34 heavy (non-hydrogen) atoms. The lowest BCUT2D eigenvalue weighted by molar-refractivity contribution is -0.113. The van der Waals surface area contributed by atoms with E-state index in [9.17, 15) is 4.79 Å². The van der Waals surface area contributed by atoms with Crippen molar-refractivity contribution in [2.24, 2.45) is 0 Å². The van der Waals surface area contributed by atoms with Crippen LogP contribution in [0.1, 0.15) is 0 Å². The van der Waals surface area contributed by atoms with Crippen molar-refractivity contribution in [2.45, 2.75) is 5.16 Å². The third-order valence-electron chi connectivity index (χ3n) is 4.81. The number of methoxy groups -OCH3 is 2. The van der Waals surface area contributed by atoms with Gasteiger partial charge in [-0.05, 0) is 54.6 Å². The minimum absolute atomic E-state index is 0.119. The number of amides is 1. The maximum Gasteiger partial charge on any atom is 0.234 e. The molecule has 1 N–H and O–H groups in total. The molecule has 3 aromatic carbocycles. The number of hydrogen-bond acceptors (Lipinski definition) is 6. The van der Waals surface area contributed by atoms with E-state index < -0.39 is 0 Å². The minimum Gasteiger partial charge on any atom is -0.497 e. The van der Waals surface area contributed by atoms with Crippen LogP contribution in [0.2, 0.25) is 10.0 Å². The van der Waals surface area contributed by atoms with Crippen LogP contribution in [-0.4, -0.2) is 40.6 Å². The summed E-state index contributed by atoms with van der Waals surface area (Å²) in [7, 11) is 3.14. The summed E-state index contributed by atoms with van der Waals surface area (Å²) in [5.74, 6) is 1.77. The predicted octanol–water partition coefficient (Wildman–Crippen LogP) is 5.99. The van der Waals surface area contributed by atoms with E-state index in [2.05, 4.69) is 15.5 Å². The van der Waals surface area contributed by atoms with Gasteiger partial charge in [-0.3, -0.25) is 9.36 Å². The summed E-state index contributed by atoms with van der Waals surface area (Å²) in [4.78, 5) is 12.6. The van der Waals surface area contributed by atoms with Gasteiger partial charge in [-0.2, -0.15) is 0 Å². The molecule has 1 amide bonds. The quantitative estimate of drug-likeness (QED) is 0.291. The highest BCUT2D eigenvalue weighted by molar-refractivity contribution is 7.99. The highest BCUT2D eigenvalue weighted by Gasteiger charge is 2.18. The van der Waals surface area contributed by atoms with Crippen LogP contribution >= 0.6 is 35.0 Å². The average Bonchev–Trinajstić information content (AvgIpc) is 3.27. The zero-order chi connectivity index (χ0) is 24.1. The SMILES string of the molecule is COc1cccc(-c2nnc(SCC(=O)Nc3ccc(OC)c(Cl)c3)n2-c2ccc(Cl)cc2)c1. The Bertz CT molecular complexity index is 1310. The third-order valence-corrected chi connectivity index (χ3v) is 6.29. The molecule has 4 rings (SSSR count). The molecule has 0 aliphatic rings. The van der Waals surface area contributed by atoms with Gasteiger partial charge in [-0.25, -0.2) is 0 Å². The average molecular weight is 515 g/mol. The molecule has 0 aliphatic heterocycles. The van der Waals surface area contributed by atoms with Crippen molar-refractivity contribution >= 4 is 46.6 Å². The summed E-state index contributed by atoms with van der Waals surface area (Å²) in [6, 6.07) is 19.9. The molecule has 4 aromatic rings. The first-order valence-electron chi connectivity index (χ1n) is 10.1. The summed E-state index contributed by atoms with van der Waals surface area (Å²) in [5, 5.41) is 13.2. The maximum atomic E-state index is 12.6. The van der Waals surface area contributed by atoms with E-state index in [1.807, 2.05) is 41.0 Å². The van der Waals surface area contributed by atoms with Crippen molar-refractivity contribution in [3.05, 3.63) is 76.8 Å². The Balaban J connectivity index is 1.59. The smallest absolute Gasteiger partial charge is 0.234 e. The van der Waals surface area contributed by atoms with Gasteiger partial charge in [-0.15, -0.1) is 10.2 Å². The highest BCUT2D eigenvalue weighted by Crippen LogP contribution is 2.31. The Morgan fingerprint density at radius 3 is 2.50 bits per heavy atom. The van der Waals surface area contributed by atoms with Gasteiger partial charge in [0.1, 0.15) is 11.5 Å². The molecular formula is C24H20Cl2N4O3S. The van der Waals surface area contributed by atoms with E-state index in [0.717, 1.165) is 11.3 Å². The second-order valence-electron chi connectivity index (χ2n) is 7.04. The van der Waals surface area contributed by atoms with Crippen LogP contribution in [-0.2, 0) is 4.79 Å². The van der Waals surface area contributed by atoms with Gasteiger partial charge in [0, 0.05) is 22.0 Å². The van der Waals surface area contributed by atoms with Crippen LogP contribution in [0.4, 0.5) is 5.69 Å². The molecule has 0 atom stereocenters. The van der Waals surface area contributed by atoms with E-state index >= 15 is 0 Å². The molecule has 10 heteroatoms. The van der Waals surface area contributed by atoms with Gasteiger partial charge >= 0.3 is 0 Å². The summed E-state index contributed by atoms with van der Waals surface area (Å²) < 4.78 is 12.4. The number of hydrogen-bond donors (Lipinski definition) is 1. The van der Waals surface area contributed by atoms with Crippen molar-refractivity contribution in [2.75, 3.05) is 25.3 Å². The summed E-state index contributed by atoms with van der Waals surface area (Å²) in [6.45, 7) is 0. The molecule has 0 fully saturated rings. The molecule has 1 aromatic heterocycles. The zero-order valence-electron chi connectivity index (χ0n) is 18.3. The number of thioether (sulfide) groups is 1. The molecule has 0 unspecified atom stereocenters. The van der Waals surface area contributed by atoms with Crippen LogP contribution in [0, 0.1) is 0 Å². The number of benzene rings is 3. The van der Waals surface area contributed by atoms with E-state index in [4.69, 9.17) is 32.7 Å². The van der Waals surface area contributed by atoms with Gasteiger partial charge in [-0.1, -0.05) is 47.1 Å². The second-order valence-corrected chi connectivity index (χ2v) is 8.82. The fourth-order valence-electron chi connectivity index (χ4n) is 3.21. The Morgan fingerprint density at radius 2 is 1.79 bits per heavy atom. The van der Waals surface area contributed by atoms with Gasteiger partial charge < -0.3 is 14.8 Å². The van der Waals surface area contributed by atoms with Crippen LogP contribution in [0.15, 0.2) is 71.9 Å². The lowest BCUT2D eigenvalue weighted by Crippen LogP contribution is -2.14. The molecule has 0 bridgehead atoms. The third kappa shape index (κ3) is 5.47. The van der Waals surface area contributed by atoms with Crippen molar-refractivity contribution < 1.29 is 14.3 Å². The number of nitrogens with zero attached hydrogens (tertiary/aromatic N) is 3. The fraction of sp³-hybridized carbons (Fsp3) is 0.125. The first-order chi connectivity index (χ1) is 16.5. The van der Waals surface area contributed by atoms with Gasteiger partial charge in [0.25, 0.3) is 0 Å². The lowest BCUT2D eigenvalue weighted by atomic mass is 10.2. The number of rotatable bonds is 8. The molecule has 0 saturated heterocycles.